The van der Waals surface area contributed by atoms with E-state index in [1.54, 1.807) is 0 Å². The van der Waals surface area contributed by atoms with Crippen LogP contribution < -0.4 is 0 Å². The zero-order valence-electron chi connectivity index (χ0n) is 10.3. The first kappa shape index (κ1) is 15.0. The van der Waals surface area contributed by atoms with E-state index >= 15 is 0 Å². The van der Waals surface area contributed by atoms with Crippen LogP contribution in [0.1, 0.15) is 0 Å². The first-order chi connectivity index (χ1) is 9.43. The van der Waals surface area contributed by atoms with E-state index in [0.717, 1.165) is 7.11 Å². The Labute approximate surface area is 112 Å². The van der Waals surface area contributed by atoms with E-state index in [0.29, 0.717) is 0 Å². The molecule has 2 heterocycles. The molecule has 2 saturated heterocycles. The van der Waals surface area contributed by atoms with E-state index in [1.807, 2.05) is 0 Å². The third-order valence-electron chi connectivity index (χ3n) is 2.90. The van der Waals surface area contributed by atoms with Crippen molar-refractivity contribution in [1.82, 2.24) is 0 Å². The largest absolute Gasteiger partial charge is 0.479 e. The van der Waals surface area contributed by atoms with E-state index in [1.165, 1.54) is 0 Å². The molecule has 0 saturated carbocycles. The summed E-state index contributed by atoms with van der Waals surface area (Å²) in [5, 5.41) is 29.1. The van der Waals surface area contributed by atoms with Crippen LogP contribution in [0.15, 0.2) is 0 Å². The number of carboxylic acids is 1. The van der Waals surface area contributed by atoms with Crippen LogP contribution in [-0.2, 0) is 28.5 Å². The van der Waals surface area contributed by atoms with Crippen LogP contribution in [0, 0.1) is 10.1 Å². The molecule has 114 valence electrons. The number of hydrogen-bond acceptors (Lipinski definition) is 9. The molecule has 11 nitrogen and oxygen atoms in total. The van der Waals surface area contributed by atoms with Gasteiger partial charge in [0.05, 0.1) is 11.5 Å². The van der Waals surface area contributed by atoms with Crippen molar-refractivity contribution in [3.05, 3.63) is 10.1 Å². The number of nitrogens with zero attached hydrogens (tertiary/aromatic N) is 1. The summed E-state index contributed by atoms with van der Waals surface area (Å²) < 4.78 is 24.4. The molecule has 6 atom stereocenters. The Balaban J connectivity index is 2.19. The molecule has 2 N–H and O–H groups in total. The fourth-order valence-electron chi connectivity index (χ4n) is 2.06. The minimum absolute atomic E-state index is 0.247. The highest BCUT2D eigenvalue weighted by molar-refractivity contribution is 5.73. The van der Waals surface area contributed by atoms with Gasteiger partial charge in [0.2, 0.25) is 0 Å². The van der Waals surface area contributed by atoms with Crippen LogP contribution in [0.2, 0.25) is 0 Å². The number of aliphatic hydroxyl groups is 1. The van der Waals surface area contributed by atoms with Crippen molar-refractivity contribution >= 4 is 5.97 Å². The Morgan fingerprint density at radius 2 is 2.15 bits per heavy atom. The standard InChI is InChI=1S/C9H13NO10/c1-16-6(7(11)12)5-4-3(18-9(13)20-5)2-17-8(19-4)10(14)15/h3-6,8-9,13H,2H2,1H3,(H,11,12). The van der Waals surface area contributed by atoms with Crippen molar-refractivity contribution in [3.8, 4) is 0 Å². The predicted octanol–water partition coefficient (Wildman–Crippen LogP) is -1.88. The maximum Gasteiger partial charge on any atom is 0.433 e. The minimum Gasteiger partial charge on any atom is -0.479 e. The topological polar surface area (TPSA) is 147 Å². The van der Waals surface area contributed by atoms with Gasteiger partial charge >= 0.3 is 12.4 Å². The lowest BCUT2D eigenvalue weighted by Gasteiger charge is -2.43. The van der Waals surface area contributed by atoms with Crippen LogP contribution in [0.5, 0.6) is 0 Å². The van der Waals surface area contributed by atoms with E-state index in [-0.39, 0.29) is 6.61 Å². The van der Waals surface area contributed by atoms with Crippen molar-refractivity contribution < 1.29 is 43.6 Å². The maximum atomic E-state index is 11.1. The summed E-state index contributed by atoms with van der Waals surface area (Å²) in [6, 6.07) is 0. The Morgan fingerprint density at radius 3 is 2.70 bits per heavy atom. The predicted molar refractivity (Wildman–Crippen MR) is 55.8 cm³/mol. The van der Waals surface area contributed by atoms with E-state index in [9.17, 15) is 20.0 Å². The zero-order valence-corrected chi connectivity index (χ0v) is 10.3. The number of carbonyl (C=O) groups is 1. The summed E-state index contributed by atoms with van der Waals surface area (Å²) in [6.45, 7) is -1.94. The highest BCUT2D eigenvalue weighted by atomic mass is 16.9. The molecule has 0 amide bonds. The third-order valence-corrected chi connectivity index (χ3v) is 2.90. The lowest BCUT2D eigenvalue weighted by atomic mass is 10.0. The molecule has 20 heavy (non-hydrogen) atoms. The second kappa shape index (κ2) is 5.95. The molecule has 0 bridgehead atoms. The summed E-state index contributed by atoms with van der Waals surface area (Å²) in [6.07, 6.45) is -6.54. The fourth-order valence-corrected chi connectivity index (χ4v) is 2.06. The van der Waals surface area contributed by atoms with Gasteiger partial charge in [0, 0.05) is 7.11 Å². The second-order valence-corrected chi connectivity index (χ2v) is 4.10. The Morgan fingerprint density at radius 1 is 1.45 bits per heavy atom. The Kier molecular flexibility index (Phi) is 4.47. The molecule has 0 aromatic carbocycles. The summed E-state index contributed by atoms with van der Waals surface area (Å²) in [4.78, 5) is 20.9. The lowest BCUT2D eigenvalue weighted by Crippen LogP contribution is -2.63. The van der Waals surface area contributed by atoms with Gasteiger partial charge in [-0.05, 0) is 0 Å². The van der Waals surface area contributed by atoms with Crippen molar-refractivity contribution in [1.29, 1.82) is 0 Å². The van der Waals surface area contributed by atoms with Gasteiger partial charge in [-0.2, -0.15) is 0 Å². The average Bonchev–Trinajstić information content (AvgIpc) is 2.38. The molecular weight excluding hydrogens is 282 g/mol. The number of aliphatic hydroxyl groups excluding tert-OH is 1. The van der Waals surface area contributed by atoms with Crippen molar-refractivity contribution in [3.63, 3.8) is 0 Å². The van der Waals surface area contributed by atoms with Crippen molar-refractivity contribution in [2.24, 2.45) is 0 Å². The molecule has 0 radical (unpaired) electrons. The Hall–Kier alpha value is -1.37. The van der Waals surface area contributed by atoms with Gasteiger partial charge in [0.15, 0.2) is 6.10 Å². The molecule has 11 heteroatoms. The number of methoxy groups -OCH3 is 1. The van der Waals surface area contributed by atoms with Crippen molar-refractivity contribution in [2.45, 2.75) is 37.3 Å². The SMILES string of the molecule is COC(C(=O)O)C1OC(O)OC2COC([N+](=O)[O-])OC21. The molecule has 0 aromatic rings. The zero-order chi connectivity index (χ0) is 14.9. The molecule has 0 aromatic heterocycles. The molecule has 2 aliphatic heterocycles. The van der Waals surface area contributed by atoms with Crippen LogP contribution in [0.4, 0.5) is 0 Å². The molecule has 2 rings (SSSR count). The quantitative estimate of drug-likeness (QED) is 0.446. The number of ether oxygens (including phenoxy) is 5. The number of aliphatic carboxylic acids is 1. The highest BCUT2D eigenvalue weighted by Gasteiger charge is 2.52. The highest BCUT2D eigenvalue weighted by Crippen LogP contribution is 2.29. The lowest BCUT2D eigenvalue weighted by molar-refractivity contribution is -0.653. The first-order valence-electron chi connectivity index (χ1n) is 5.59. The van der Waals surface area contributed by atoms with E-state index in [2.05, 4.69) is 0 Å². The maximum absolute atomic E-state index is 11.1. The molecule has 0 spiro atoms. The fraction of sp³-hybridized carbons (Fsp3) is 0.889. The third kappa shape index (κ3) is 2.87. The normalized spacial score (nSPS) is 38.8. The van der Waals surface area contributed by atoms with Crippen LogP contribution in [-0.4, -0.2) is 72.1 Å². The smallest absolute Gasteiger partial charge is 0.433 e. The van der Waals surface area contributed by atoms with Gasteiger partial charge in [-0.25, -0.2) is 4.79 Å². The van der Waals surface area contributed by atoms with Crippen LogP contribution >= 0.6 is 0 Å². The second-order valence-electron chi connectivity index (χ2n) is 4.10. The van der Waals surface area contributed by atoms with Gasteiger partial charge in [-0.15, -0.1) is 0 Å². The average molecular weight is 295 g/mol. The minimum atomic E-state index is -1.76. The molecule has 2 aliphatic rings. The number of nitro groups is 1. The number of rotatable bonds is 4. The van der Waals surface area contributed by atoms with E-state index in [4.69, 9.17) is 28.8 Å². The van der Waals surface area contributed by atoms with Crippen LogP contribution in [0.3, 0.4) is 0 Å². The van der Waals surface area contributed by atoms with Gasteiger partial charge < -0.3 is 24.4 Å². The first-order valence-corrected chi connectivity index (χ1v) is 5.59. The molecule has 2 fully saturated rings. The molecule has 0 aliphatic carbocycles. The Bertz CT molecular complexity index is 389. The number of hydrogen-bond donors (Lipinski definition) is 2. The number of fused-ring (bicyclic) bond motifs is 1. The van der Waals surface area contributed by atoms with Crippen LogP contribution in [0.25, 0.3) is 0 Å². The molecular formula is C9H13NO10. The summed E-state index contributed by atoms with van der Waals surface area (Å²) in [7, 11) is 1.13. The van der Waals surface area contributed by atoms with Gasteiger partial charge in [0.25, 0.3) is 6.48 Å². The van der Waals surface area contributed by atoms with Crippen molar-refractivity contribution in [2.75, 3.05) is 13.7 Å². The van der Waals surface area contributed by atoms with E-state index < -0.39 is 48.2 Å². The summed E-state index contributed by atoms with van der Waals surface area (Å²) in [5.74, 6) is -1.36. The van der Waals surface area contributed by atoms with Gasteiger partial charge in [-0.3, -0.25) is 19.6 Å². The summed E-state index contributed by atoms with van der Waals surface area (Å²) >= 11 is 0. The van der Waals surface area contributed by atoms with Gasteiger partial charge in [-0.1, -0.05) is 0 Å². The summed E-state index contributed by atoms with van der Waals surface area (Å²) in [5.41, 5.74) is 0. The monoisotopic (exact) mass is 295 g/mol. The molecule has 6 unspecified atom stereocenters. The van der Waals surface area contributed by atoms with Gasteiger partial charge in [0.1, 0.15) is 18.3 Å². The number of carboxylic acid groups (broad SMARTS) is 1.